The van der Waals surface area contributed by atoms with Gasteiger partial charge >= 0.3 is 0 Å². The predicted octanol–water partition coefficient (Wildman–Crippen LogP) is 12.1. The van der Waals surface area contributed by atoms with Crippen LogP contribution in [0, 0.1) is 0 Å². The monoisotopic (exact) mass is 722 g/mol. The highest BCUT2D eigenvalue weighted by Gasteiger charge is 2.23. The first kappa shape index (κ1) is 32.4. The van der Waals surface area contributed by atoms with Gasteiger partial charge in [-0.05, 0) is 29.3 Å². The summed E-state index contributed by atoms with van der Waals surface area (Å²) in [5.74, 6) is 1.90. The smallest absolute Gasteiger partial charge is 0.164 e. The molecular formula is C48H30N6S. The summed E-state index contributed by atoms with van der Waals surface area (Å²) in [5.41, 5.74) is 11.2. The Hall–Kier alpha value is -7.22. The molecule has 6 nitrogen and oxygen atoms in total. The highest BCUT2D eigenvalue weighted by atomic mass is 32.1. The predicted molar refractivity (Wildman–Crippen MR) is 224 cm³/mol. The minimum Gasteiger partial charge on any atom is -0.264 e. The lowest BCUT2D eigenvalue weighted by molar-refractivity contribution is 1.07. The number of pyridine rings is 3. The van der Waals surface area contributed by atoms with Crippen molar-refractivity contribution in [3.05, 3.63) is 183 Å². The molecule has 0 spiro atoms. The van der Waals surface area contributed by atoms with Gasteiger partial charge in [0.05, 0.1) is 15.9 Å². The number of hydrogen-bond acceptors (Lipinski definition) is 7. The summed E-state index contributed by atoms with van der Waals surface area (Å²) in [6, 6.07) is 53.8. The minimum atomic E-state index is 0.624. The molecule has 258 valence electrons. The number of benzene rings is 5. The molecule has 0 amide bonds. The summed E-state index contributed by atoms with van der Waals surface area (Å²) in [5, 5.41) is 2.26. The lowest BCUT2D eigenvalue weighted by Gasteiger charge is -2.11. The number of rotatable bonds is 7. The van der Waals surface area contributed by atoms with E-state index in [4.69, 9.17) is 19.9 Å². The van der Waals surface area contributed by atoms with Crippen molar-refractivity contribution in [1.82, 2.24) is 29.9 Å². The van der Waals surface area contributed by atoms with Gasteiger partial charge in [0.1, 0.15) is 0 Å². The van der Waals surface area contributed by atoms with Gasteiger partial charge in [-0.2, -0.15) is 0 Å². The fourth-order valence-corrected chi connectivity index (χ4v) is 8.41. The van der Waals surface area contributed by atoms with Crippen molar-refractivity contribution in [3.63, 3.8) is 0 Å². The molecule has 10 aromatic rings. The van der Waals surface area contributed by atoms with E-state index in [1.165, 1.54) is 5.39 Å². The normalized spacial score (nSPS) is 11.3. The van der Waals surface area contributed by atoms with Crippen molar-refractivity contribution in [2.24, 2.45) is 0 Å². The summed E-state index contributed by atoms with van der Waals surface area (Å²) in [7, 11) is 0. The van der Waals surface area contributed by atoms with Crippen LogP contribution >= 0.6 is 11.3 Å². The number of aromatic nitrogens is 6. The first-order valence-electron chi connectivity index (χ1n) is 18.0. The molecule has 7 heteroatoms. The standard InChI is InChI=1S/C48H30N6S/c1-4-12-32(13-5-1)43-45-42(41(37-18-10-26-49-29-37)44(55-45)38-19-11-27-50-30-38)39-25-24-36(28-40(39)51-43)31-20-22-35(23-21-31)48-53-46(33-14-6-2-7-15-33)52-47(54-48)34-16-8-3-9-17-34/h1-30H. The van der Waals surface area contributed by atoms with E-state index >= 15 is 0 Å². The Morgan fingerprint density at radius 3 is 1.44 bits per heavy atom. The van der Waals surface area contributed by atoms with Gasteiger partial charge in [0.2, 0.25) is 0 Å². The topological polar surface area (TPSA) is 77.3 Å². The number of thiophene rings is 1. The molecule has 0 aliphatic heterocycles. The average molecular weight is 723 g/mol. The molecule has 5 heterocycles. The molecule has 0 saturated carbocycles. The first-order chi connectivity index (χ1) is 27.3. The molecule has 0 atom stereocenters. The van der Waals surface area contributed by atoms with Crippen LogP contribution in [-0.4, -0.2) is 29.9 Å². The minimum absolute atomic E-state index is 0.624. The summed E-state index contributed by atoms with van der Waals surface area (Å²) < 4.78 is 1.13. The van der Waals surface area contributed by atoms with E-state index in [0.29, 0.717) is 17.5 Å². The van der Waals surface area contributed by atoms with Crippen LogP contribution in [0.3, 0.4) is 0 Å². The second kappa shape index (κ2) is 14.0. The van der Waals surface area contributed by atoms with Gasteiger partial charge in [-0.25, -0.2) is 19.9 Å². The molecule has 0 unspecified atom stereocenters. The summed E-state index contributed by atoms with van der Waals surface area (Å²) in [6.45, 7) is 0. The Morgan fingerprint density at radius 1 is 0.382 bits per heavy atom. The van der Waals surface area contributed by atoms with Gasteiger partial charge in [-0.1, -0.05) is 140 Å². The molecule has 5 aromatic carbocycles. The van der Waals surface area contributed by atoms with Crippen LogP contribution in [0.2, 0.25) is 0 Å². The van der Waals surface area contributed by atoms with E-state index in [9.17, 15) is 0 Å². The fraction of sp³-hybridized carbons (Fsp3) is 0. The lowest BCUT2D eigenvalue weighted by Crippen LogP contribution is -2.00. The third kappa shape index (κ3) is 6.12. The molecular weight excluding hydrogens is 693 g/mol. The fourth-order valence-electron chi connectivity index (χ4n) is 7.07. The zero-order valence-corrected chi connectivity index (χ0v) is 30.2. The van der Waals surface area contributed by atoms with Gasteiger partial charge < -0.3 is 0 Å². The molecule has 0 fully saturated rings. The molecule has 0 aliphatic carbocycles. The van der Waals surface area contributed by atoms with Gasteiger partial charge in [0.25, 0.3) is 0 Å². The van der Waals surface area contributed by atoms with Gasteiger partial charge in [0, 0.05) is 79.4 Å². The van der Waals surface area contributed by atoms with Gasteiger partial charge in [-0.3, -0.25) is 9.97 Å². The molecule has 5 aromatic heterocycles. The lowest BCUT2D eigenvalue weighted by atomic mass is 9.95. The first-order valence-corrected chi connectivity index (χ1v) is 18.8. The Morgan fingerprint density at radius 2 is 0.873 bits per heavy atom. The Kier molecular flexibility index (Phi) is 8.24. The van der Waals surface area contributed by atoms with E-state index in [-0.39, 0.29) is 0 Å². The van der Waals surface area contributed by atoms with E-state index < -0.39 is 0 Å². The van der Waals surface area contributed by atoms with Crippen LogP contribution < -0.4 is 0 Å². The summed E-state index contributed by atoms with van der Waals surface area (Å²) in [4.78, 5) is 30.3. The largest absolute Gasteiger partial charge is 0.264 e. The third-order valence-electron chi connectivity index (χ3n) is 9.72. The second-order valence-corrected chi connectivity index (χ2v) is 14.2. The second-order valence-electron chi connectivity index (χ2n) is 13.2. The maximum Gasteiger partial charge on any atom is 0.164 e. The highest BCUT2D eigenvalue weighted by molar-refractivity contribution is 7.23. The van der Waals surface area contributed by atoms with Crippen molar-refractivity contribution < 1.29 is 0 Å². The van der Waals surface area contributed by atoms with Gasteiger partial charge in [-0.15, -0.1) is 11.3 Å². The Labute approximate surface area is 321 Å². The van der Waals surface area contributed by atoms with E-state index in [1.54, 1.807) is 11.3 Å². The van der Waals surface area contributed by atoms with Crippen LogP contribution in [0.4, 0.5) is 0 Å². The quantitative estimate of drug-likeness (QED) is 0.163. The SMILES string of the molecule is c1ccc(-c2nc(-c3ccccc3)nc(-c3ccc(-c4ccc5c(c4)nc(-c4ccccc4)c4sc(-c6cccnc6)c(-c6cccnc6)c45)cc3)n2)cc1. The Bertz CT molecular complexity index is 2880. The molecule has 0 bridgehead atoms. The molecule has 0 aliphatic rings. The zero-order valence-electron chi connectivity index (χ0n) is 29.4. The van der Waals surface area contributed by atoms with Crippen molar-refractivity contribution in [2.75, 3.05) is 0 Å². The van der Waals surface area contributed by atoms with Crippen molar-refractivity contribution in [3.8, 4) is 78.1 Å². The van der Waals surface area contributed by atoms with Crippen LogP contribution in [-0.2, 0) is 0 Å². The maximum absolute atomic E-state index is 5.40. The van der Waals surface area contributed by atoms with Crippen LogP contribution in [0.15, 0.2) is 183 Å². The van der Waals surface area contributed by atoms with Crippen molar-refractivity contribution in [1.29, 1.82) is 0 Å². The summed E-state index contributed by atoms with van der Waals surface area (Å²) >= 11 is 1.76. The number of fused-ring (bicyclic) bond motifs is 3. The molecule has 0 radical (unpaired) electrons. The highest BCUT2D eigenvalue weighted by Crippen LogP contribution is 2.50. The third-order valence-corrected chi connectivity index (χ3v) is 11.0. The maximum atomic E-state index is 5.40. The molecule has 10 rings (SSSR count). The summed E-state index contributed by atoms with van der Waals surface area (Å²) in [6.07, 6.45) is 7.52. The van der Waals surface area contributed by atoms with E-state index in [2.05, 4.69) is 88.8 Å². The Balaban J connectivity index is 1.12. The molecule has 0 N–H and O–H groups in total. The van der Waals surface area contributed by atoms with E-state index in [0.717, 1.165) is 76.2 Å². The molecule has 55 heavy (non-hydrogen) atoms. The zero-order chi connectivity index (χ0) is 36.6. The van der Waals surface area contributed by atoms with Gasteiger partial charge in [0.15, 0.2) is 17.5 Å². The van der Waals surface area contributed by atoms with Crippen LogP contribution in [0.1, 0.15) is 0 Å². The molecule has 0 saturated heterocycles. The van der Waals surface area contributed by atoms with E-state index in [1.807, 2.05) is 104 Å². The number of hydrogen-bond donors (Lipinski definition) is 0. The average Bonchev–Trinajstić information content (AvgIpc) is 3.68. The van der Waals surface area contributed by atoms with Crippen molar-refractivity contribution >= 4 is 32.3 Å². The van der Waals surface area contributed by atoms with Crippen LogP contribution in [0.5, 0.6) is 0 Å². The van der Waals surface area contributed by atoms with Crippen molar-refractivity contribution in [2.45, 2.75) is 0 Å². The number of nitrogens with zero attached hydrogens (tertiary/aromatic N) is 6. The van der Waals surface area contributed by atoms with Crippen LogP contribution in [0.25, 0.3) is 99.1 Å².